The first-order chi connectivity index (χ1) is 7.42. The van der Waals surface area contributed by atoms with E-state index in [0.717, 1.165) is 17.5 Å². The first-order valence-corrected chi connectivity index (χ1v) is 4.97. The van der Waals surface area contributed by atoms with Crippen molar-refractivity contribution < 1.29 is 9.26 Å². The minimum atomic E-state index is 0.447. The molecule has 2 aromatic rings. The summed E-state index contributed by atoms with van der Waals surface area (Å²) in [5.41, 5.74) is 1.79. The lowest BCUT2D eigenvalue weighted by atomic mass is 10.1. The first-order valence-electron chi connectivity index (χ1n) is 4.97. The van der Waals surface area contributed by atoms with Gasteiger partial charge in [0, 0.05) is 0 Å². The van der Waals surface area contributed by atoms with E-state index in [1.807, 2.05) is 37.3 Å². The second-order valence-electron chi connectivity index (χ2n) is 3.17. The zero-order valence-electron chi connectivity index (χ0n) is 8.56. The van der Waals surface area contributed by atoms with Gasteiger partial charge in [-0.15, -0.1) is 0 Å². The molecule has 0 N–H and O–H groups in total. The highest BCUT2D eigenvalue weighted by Gasteiger charge is 2.11. The molecule has 2 rings (SSSR count). The van der Waals surface area contributed by atoms with Crippen LogP contribution in [-0.2, 0) is 0 Å². The van der Waals surface area contributed by atoms with Crippen molar-refractivity contribution in [1.82, 2.24) is 5.16 Å². The lowest BCUT2D eigenvalue weighted by Gasteiger charge is -2.01. The van der Waals surface area contributed by atoms with Crippen LogP contribution in [0.5, 0.6) is 5.95 Å². The zero-order valence-corrected chi connectivity index (χ0v) is 8.56. The summed E-state index contributed by atoms with van der Waals surface area (Å²) in [6.45, 7) is 2.67. The summed E-state index contributed by atoms with van der Waals surface area (Å²) in [6.07, 6.45) is 3.73. The maximum atomic E-state index is 5.42. The fourth-order valence-corrected chi connectivity index (χ4v) is 1.28. The molecule has 0 fully saturated rings. The number of hydrogen-bond donors (Lipinski definition) is 0. The van der Waals surface area contributed by atoms with Crippen molar-refractivity contribution in [2.24, 2.45) is 0 Å². The topological polar surface area (TPSA) is 35.3 Å². The van der Waals surface area contributed by atoms with E-state index in [0.29, 0.717) is 12.6 Å². The number of aromatic nitrogens is 1. The summed E-state index contributed by atoms with van der Waals surface area (Å²) >= 11 is 0. The van der Waals surface area contributed by atoms with E-state index in [9.17, 15) is 0 Å². The molecule has 0 aliphatic carbocycles. The van der Waals surface area contributed by atoms with Gasteiger partial charge in [0.1, 0.15) is 6.20 Å². The van der Waals surface area contributed by atoms with Crippen LogP contribution in [0.2, 0.25) is 0 Å². The van der Waals surface area contributed by atoms with Crippen molar-refractivity contribution in [2.45, 2.75) is 13.3 Å². The fraction of sp³-hybridized carbons (Fsp3) is 0.250. The minimum absolute atomic E-state index is 0.447. The van der Waals surface area contributed by atoms with Crippen LogP contribution in [0, 0.1) is 6.20 Å². The van der Waals surface area contributed by atoms with Gasteiger partial charge in [0.05, 0.1) is 12.2 Å². The van der Waals surface area contributed by atoms with Gasteiger partial charge in [-0.05, 0) is 12.0 Å². The normalized spacial score (nSPS) is 10.2. The van der Waals surface area contributed by atoms with E-state index in [1.54, 1.807) is 0 Å². The molecule has 0 saturated carbocycles. The van der Waals surface area contributed by atoms with Gasteiger partial charge >= 0.3 is 5.95 Å². The standard InChI is InChI=1S/C12H12NO2/c1-2-8-14-12-11(9-13-15-12)10-6-4-3-5-7-10/h3-7H,2,8H2,1H3. The third-order valence-corrected chi connectivity index (χ3v) is 1.99. The molecule has 1 aromatic carbocycles. The largest absolute Gasteiger partial charge is 0.463 e. The second kappa shape index (κ2) is 4.64. The van der Waals surface area contributed by atoms with Crippen molar-refractivity contribution in [3.63, 3.8) is 0 Å². The zero-order chi connectivity index (χ0) is 10.5. The molecule has 1 aromatic heterocycles. The maximum absolute atomic E-state index is 5.42. The van der Waals surface area contributed by atoms with E-state index in [4.69, 9.17) is 9.26 Å². The van der Waals surface area contributed by atoms with Crippen LogP contribution in [-0.4, -0.2) is 11.8 Å². The van der Waals surface area contributed by atoms with E-state index in [1.165, 1.54) is 0 Å². The third kappa shape index (κ3) is 2.18. The average Bonchev–Trinajstić information content (AvgIpc) is 2.75. The summed E-state index contributed by atoms with van der Waals surface area (Å²) in [4.78, 5) is 0. The Morgan fingerprint density at radius 3 is 2.87 bits per heavy atom. The molecular formula is C12H12NO2. The Morgan fingerprint density at radius 2 is 2.13 bits per heavy atom. The molecule has 0 aliphatic rings. The average molecular weight is 202 g/mol. The smallest absolute Gasteiger partial charge is 0.319 e. The molecule has 77 valence electrons. The number of ether oxygens (including phenoxy) is 1. The summed E-state index contributed by atoms with van der Waals surface area (Å²) in [7, 11) is 0. The van der Waals surface area contributed by atoms with E-state index in [2.05, 4.69) is 11.4 Å². The summed E-state index contributed by atoms with van der Waals surface area (Å²) < 4.78 is 10.4. The van der Waals surface area contributed by atoms with E-state index in [-0.39, 0.29) is 0 Å². The molecule has 0 saturated heterocycles. The molecule has 0 aliphatic heterocycles. The Morgan fingerprint density at radius 1 is 1.33 bits per heavy atom. The highest BCUT2D eigenvalue weighted by molar-refractivity contribution is 5.66. The molecule has 0 unspecified atom stereocenters. The van der Waals surface area contributed by atoms with Gasteiger partial charge in [-0.1, -0.05) is 42.4 Å². The number of rotatable bonds is 4. The van der Waals surface area contributed by atoms with Crippen LogP contribution in [0.15, 0.2) is 34.9 Å². The van der Waals surface area contributed by atoms with Crippen molar-refractivity contribution in [3.05, 3.63) is 36.5 Å². The highest BCUT2D eigenvalue weighted by Crippen LogP contribution is 2.28. The molecular weight excluding hydrogens is 190 g/mol. The number of hydrogen-bond acceptors (Lipinski definition) is 3. The van der Waals surface area contributed by atoms with Gasteiger partial charge in [-0.3, -0.25) is 0 Å². The van der Waals surface area contributed by atoms with Crippen LogP contribution >= 0.6 is 0 Å². The Bertz CT molecular complexity index is 409. The second-order valence-corrected chi connectivity index (χ2v) is 3.17. The monoisotopic (exact) mass is 202 g/mol. The van der Waals surface area contributed by atoms with Crippen LogP contribution in [0.3, 0.4) is 0 Å². The SMILES string of the molecule is CCCOc1on[c]c1-c1ccccc1. The first kappa shape index (κ1) is 9.77. The highest BCUT2D eigenvalue weighted by atomic mass is 16.6. The van der Waals surface area contributed by atoms with Gasteiger partial charge in [0.15, 0.2) is 0 Å². The Labute approximate surface area is 88.7 Å². The molecule has 0 atom stereocenters. The molecule has 0 bridgehead atoms. The molecule has 3 heteroatoms. The predicted octanol–water partition coefficient (Wildman–Crippen LogP) is 2.93. The molecule has 15 heavy (non-hydrogen) atoms. The van der Waals surface area contributed by atoms with Gasteiger partial charge in [0.2, 0.25) is 0 Å². The van der Waals surface area contributed by atoms with Crippen LogP contribution in [0.4, 0.5) is 0 Å². The fourth-order valence-electron chi connectivity index (χ4n) is 1.28. The quantitative estimate of drug-likeness (QED) is 0.764. The number of nitrogens with zero attached hydrogens (tertiary/aromatic N) is 1. The van der Waals surface area contributed by atoms with Gasteiger partial charge in [-0.2, -0.15) is 0 Å². The lowest BCUT2D eigenvalue weighted by molar-refractivity contribution is 0.215. The van der Waals surface area contributed by atoms with E-state index >= 15 is 0 Å². The van der Waals surface area contributed by atoms with Crippen LogP contribution < -0.4 is 4.74 Å². The summed E-state index contributed by atoms with van der Waals surface area (Å²) in [5, 5.41) is 3.63. The number of benzene rings is 1. The maximum Gasteiger partial charge on any atom is 0.319 e. The Hall–Kier alpha value is -1.77. The van der Waals surface area contributed by atoms with Gasteiger partial charge in [0.25, 0.3) is 0 Å². The molecule has 0 amide bonds. The Kier molecular flexibility index (Phi) is 3.02. The van der Waals surface area contributed by atoms with Crippen molar-refractivity contribution in [2.75, 3.05) is 6.61 Å². The lowest BCUT2D eigenvalue weighted by Crippen LogP contribution is -1.94. The Balaban J connectivity index is 2.25. The van der Waals surface area contributed by atoms with Crippen molar-refractivity contribution in [1.29, 1.82) is 0 Å². The summed E-state index contributed by atoms with van der Waals surface area (Å²) in [5.74, 6) is 0.447. The van der Waals surface area contributed by atoms with E-state index < -0.39 is 0 Å². The predicted molar refractivity (Wildman–Crippen MR) is 56.6 cm³/mol. The minimum Gasteiger partial charge on any atom is -0.463 e. The molecule has 3 nitrogen and oxygen atoms in total. The van der Waals surface area contributed by atoms with Gasteiger partial charge < -0.3 is 9.26 Å². The third-order valence-electron chi connectivity index (χ3n) is 1.99. The molecule has 1 radical (unpaired) electrons. The van der Waals surface area contributed by atoms with Crippen LogP contribution in [0.25, 0.3) is 11.1 Å². The molecule has 0 spiro atoms. The van der Waals surface area contributed by atoms with Gasteiger partial charge in [-0.25, -0.2) is 0 Å². The molecule has 1 heterocycles. The van der Waals surface area contributed by atoms with Crippen molar-refractivity contribution >= 4 is 0 Å². The van der Waals surface area contributed by atoms with Crippen LogP contribution in [0.1, 0.15) is 13.3 Å². The van der Waals surface area contributed by atoms with Crippen molar-refractivity contribution in [3.8, 4) is 17.1 Å². The summed E-state index contributed by atoms with van der Waals surface area (Å²) in [6, 6.07) is 9.83.